The number of aromatic nitrogens is 8. The monoisotopic (exact) mass is 1270 g/mol. The highest BCUT2D eigenvalue weighted by atomic mass is 32.1. The van der Waals surface area contributed by atoms with Gasteiger partial charge >= 0.3 is 6.01 Å². The molecule has 92 heavy (non-hydrogen) atoms. The third-order valence-corrected chi connectivity index (χ3v) is 21.0. The lowest BCUT2D eigenvalue weighted by molar-refractivity contribution is -0.142. The highest BCUT2D eigenvalue weighted by Gasteiger charge is 2.44. The van der Waals surface area contributed by atoms with Gasteiger partial charge < -0.3 is 54.4 Å². The molecule has 5 aromatic heterocycles. The Labute approximate surface area is 535 Å². The zero-order valence-electron chi connectivity index (χ0n) is 52.6. The number of H-pyrrole nitrogens is 2. The van der Waals surface area contributed by atoms with Gasteiger partial charge in [-0.3, -0.25) is 24.2 Å². The zero-order valence-corrected chi connectivity index (χ0v) is 53.4. The number of carbonyl (C=O) groups is 2. The largest absolute Gasteiger partial charge is 0.493 e. The van der Waals surface area contributed by atoms with Crippen molar-refractivity contribution in [1.82, 2.24) is 60.3 Å². The number of aliphatic hydroxyl groups excluding tert-OH is 1. The predicted octanol–water partition coefficient (Wildman–Crippen LogP) is 9.39. The van der Waals surface area contributed by atoms with Crippen LogP contribution in [0.3, 0.4) is 0 Å². The van der Waals surface area contributed by atoms with Crippen molar-refractivity contribution in [2.24, 2.45) is 11.8 Å². The number of piperidine rings is 1. The van der Waals surface area contributed by atoms with Crippen LogP contribution in [0.1, 0.15) is 112 Å². The number of piperazine rings is 1. The number of fused-ring (bicyclic) bond motifs is 7. The molecule has 5 atom stereocenters. The lowest BCUT2D eigenvalue weighted by atomic mass is 9.88. The number of amides is 2. The summed E-state index contributed by atoms with van der Waals surface area (Å²) in [5, 5.41) is 32.9. The summed E-state index contributed by atoms with van der Waals surface area (Å²) in [5.41, 5.74) is 9.56. The van der Waals surface area contributed by atoms with E-state index in [2.05, 4.69) is 53.7 Å². The van der Waals surface area contributed by atoms with Gasteiger partial charge in [0.1, 0.15) is 47.7 Å². The Bertz CT molecular complexity index is 4380. The number of nitrogens with zero attached hydrogens (tertiary/aromatic N) is 9. The number of anilines is 1. The van der Waals surface area contributed by atoms with Gasteiger partial charge in [0.15, 0.2) is 11.3 Å². The highest BCUT2D eigenvalue weighted by Crippen LogP contribution is 2.54. The van der Waals surface area contributed by atoms with E-state index < -0.39 is 35.6 Å². The van der Waals surface area contributed by atoms with Crippen molar-refractivity contribution in [2.75, 3.05) is 64.5 Å². The molecule has 9 aromatic rings. The second kappa shape index (κ2) is 24.8. The number of pyridine rings is 1. The average Bonchev–Trinajstić information content (AvgIpc) is 1.31. The van der Waals surface area contributed by atoms with Crippen molar-refractivity contribution in [3.8, 4) is 39.1 Å². The van der Waals surface area contributed by atoms with Crippen LogP contribution in [-0.2, 0) is 27.5 Å². The average molecular weight is 1270 g/mol. The highest BCUT2D eigenvalue weighted by molar-refractivity contribution is 7.13. The normalized spacial score (nSPS) is 21.0. The van der Waals surface area contributed by atoms with Crippen molar-refractivity contribution in [2.45, 2.75) is 141 Å². The van der Waals surface area contributed by atoms with Crippen molar-refractivity contribution >= 4 is 72.6 Å². The molecule has 5 N–H and O–H groups in total. The van der Waals surface area contributed by atoms with E-state index in [1.807, 2.05) is 62.7 Å². The summed E-state index contributed by atoms with van der Waals surface area (Å²) in [5.74, 6) is 1.22. The number of β-amino-alcohol motifs (C(OH)–C–C–N with tert-alkyl or cyclic N) is 1. The Balaban J connectivity index is 0.725. The number of ether oxygens (including phenoxy) is 4. The first-order chi connectivity index (χ1) is 44.7. The van der Waals surface area contributed by atoms with Gasteiger partial charge in [-0.2, -0.15) is 20.2 Å². The molecule has 0 unspecified atom stereocenters. The Hall–Kier alpha value is -8.09. The predicted molar refractivity (Wildman–Crippen MR) is 350 cm³/mol. The third-order valence-electron chi connectivity index (χ3n) is 20.1. The number of rotatable bonds is 19. The van der Waals surface area contributed by atoms with Gasteiger partial charge in [0.25, 0.3) is 5.56 Å². The van der Waals surface area contributed by atoms with Gasteiger partial charge in [-0.25, -0.2) is 9.37 Å². The fourth-order valence-corrected chi connectivity index (χ4v) is 15.6. The van der Waals surface area contributed by atoms with E-state index in [-0.39, 0.29) is 67.4 Å². The summed E-state index contributed by atoms with van der Waals surface area (Å²) in [4.78, 5) is 69.0. The zero-order chi connectivity index (χ0) is 63.1. The first-order valence-electron chi connectivity index (χ1n) is 32.7. The van der Waals surface area contributed by atoms with E-state index in [0.29, 0.717) is 94.6 Å². The van der Waals surface area contributed by atoms with Crippen LogP contribution in [-0.4, -0.2) is 157 Å². The van der Waals surface area contributed by atoms with E-state index in [0.717, 1.165) is 120 Å². The maximum Gasteiger partial charge on any atom is 0.319 e. The summed E-state index contributed by atoms with van der Waals surface area (Å²) < 4.78 is 44.0. The molecule has 0 radical (unpaired) electrons. The summed E-state index contributed by atoms with van der Waals surface area (Å²) in [7, 11) is 2.16. The molecule has 2 amide bonds. The van der Waals surface area contributed by atoms with E-state index >= 15 is 9.18 Å². The maximum atomic E-state index is 16.3. The maximum absolute atomic E-state index is 16.3. The van der Waals surface area contributed by atoms with Crippen LogP contribution in [0.15, 0.2) is 71.2 Å². The van der Waals surface area contributed by atoms with Gasteiger partial charge in [-0.05, 0) is 137 Å². The topological polar surface area (TPSA) is 243 Å². The molecule has 5 aliphatic heterocycles. The summed E-state index contributed by atoms with van der Waals surface area (Å²) in [6, 6.07) is 14.4. The van der Waals surface area contributed by atoms with Crippen LogP contribution < -0.4 is 35.3 Å². The van der Waals surface area contributed by atoms with Crippen LogP contribution >= 0.6 is 11.3 Å². The van der Waals surface area contributed by atoms with Crippen molar-refractivity contribution in [3.63, 3.8) is 0 Å². The molecule has 21 nitrogen and oxygen atoms in total. The number of aliphatic hydroxyl groups is 1. The Morgan fingerprint density at radius 3 is 2.51 bits per heavy atom. The van der Waals surface area contributed by atoms with Crippen molar-refractivity contribution in [1.29, 1.82) is 0 Å². The standard InChI is InChI=1S/C69H78FN13O8S/c1-36(2)62(68(87)82-32-46(84)25-56(82)66(85)72-28-43-10-9-42(64-38(4)73-35-92-64)23-57(43)89-21-14-39-12-17-80(5)18-13-39)83-33-52-48-11-6-40(22-54(48)75-67(86)61(52)79-83)34-90-63-59(58-37(3)53(70)27-55-51(58)30-74-78-55)49(41-7-8-41)26-50-60(63)76-69(91-47-15-19-88-20-16-47)77-65(50)81-31-44-24-45(81)29-71-44/h6,9-11,22-23,26-27,30,33,35-36,39,41,44-47,56,62,71,84H,7-8,12-21,24-25,28-29,31-32,34H2,1-5H3,(H,72,85)(H,74,78)(H,75,86)/t44-,45-,46+,56-,62-/m0/s1. The minimum absolute atomic E-state index is 0.0374. The van der Waals surface area contributed by atoms with Gasteiger partial charge in [0, 0.05) is 107 Å². The van der Waals surface area contributed by atoms with E-state index in [9.17, 15) is 14.7 Å². The summed E-state index contributed by atoms with van der Waals surface area (Å²) in [6.07, 6.45) is 9.97. The van der Waals surface area contributed by atoms with Gasteiger partial charge in [-0.1, -0.05) is 38.1 Å². The number of nitrogens with one attached hydrogen (secondary N) is 4. The molecule has 6 aliphatic rings. The smallest absolute Gasteiger partial charge is 0.319 e. The number of hydrogen-bond acceptors (Lipinski definition) is 17. The van der Waals surface area contributed by atoms with Crippen LogP contribution in [0.4, 0.5) is 10.2 Å². The molecule has 23 heteroatoms. The SMILES string of the molecule is Cc1ncsc1-c1ccc(CNC(=O)[C@@H]2C[C@@H](O)CN2C(=O)[C@H](C(C)C)n2cc3c(n2)c(=O)[nH]c2cc(COc4c(-c5c(C)c(F)cc6[nH]ncc56)c(C5CC5)cc5c(N6C[C@@H]7C[C@H]6CN7)nc(OC6CCOCC6)nc45)ccc23)c(OCCC2CCN(C)CC2)c1. The molecular weight excluding hydrogens is 1190 g/mol. The fourth-order valence-electron chi connectivity index (χ4n) is 14.8. The number of thiazole rings is 1. The number of aromatic amines is 2. The second-order valence-corrected chi connectivity index (χ2v) is 27.6. The molecule has 480 valence electrons. The Morgan fingerprint density at radius 2 is 1.75 bits per heavy atom. The van der Waals surface area contributed by atoms with E-state index in [1.54, 1.807) is 30.7 Å². The second-order valence-electron chi connectivity index (χ2n) is 26.7. The Kier molecular flexibility index (Phi) is 16.2. The quantitative estimate of drug-likeness (QED) is 0.0506. The molecule has 2 bridgehead atoms. The van der Waals surface area contributed by atoms with Crippen LogP contribution in [0.2, 0.25) is 0 Å². The van der Waals surface area contributed by atoms with E-state index in [1.165, 1.54) is 15.6 Å². The molecule has 0 spiro atoms. The molecule has 5 saturated heterocycles. The first-order valence-corrected chi connectivity index (χ1v) is 33.6. The molecule has 6 fully saturated rings. The Morgan fingerprint density at radius 1 is 0.913 bits per heavy atom. The summed E-state index contributed by atoms with van der Waals surface area (Å²) in [6.45, 7) is 13.2. The lowest BCUT2D eigenvalue weighted by Gasteiger charge is -2.31. The third kappa shape index (κ3) is 11.5. The molecular formula is C69H78FN13O8S. The number of halogens is 1. The number of carbonyl (C=O) groups excluding carboxylic acids is 2. The fraction of sp³-hybridized carbons (Fsp3) is 0.478. The van der Waals surface area contributed by atoms with Crippen LogP contribution in [0.25, 0.3) is 65.2 Å². The minimum atomic E-state index is -0.962. The van der Waals surface area contributed by atoms with Crippen LogP contribution in [0, 0.1) is 31.5 Å². The minimum Gasteiger partial charge on any atom is -0.493 e. The van der Waals surface area contributed by atoms with Crippen molar-refractivity contribution < 1.29 is 38.0 Å². The lowest BCUT2D eigenvalue weighted by Crippen LogP contribution is -2.49. The van der Waals surface area contributed by atoms with E-state index in [4.69, 9.17) is 34.0 Å². The van der Waals surface area contributed by atoms with Gasteiger partial charge in [0.2, 0.25) is 11.8 Å². The van der Waals surface area contributed by atoms with Crippen molar-refractivity contribution in [3.05, 3.63) is 111 Å². The molecule has 4 aromatic carbocycles. The number of aryl methyl sites for hydroxylation is 1. The molecule has 1 aliphatic carbocycles. The number of benzene rings is 4. The summed E-state index contributed by atoms with van der Waals surface area (Å²) >= 11 is 1.57. The van der Waals surface area contributed by atoms with Crippen LogP contribution in [0.5, 0.6) is 17.5 Å². The molecule has 1 saturated carbocycles. The van der Waals surface area contributed by atoms with Gasteiger partial charge in [-0.15, -0.1) is 11.3 Å². The number of likely N-dealkylation sites (tertiary alicyclic amines) is 2. The molecule has 10 heterocycles. The first kappa shape index (κ1) is 60.2. The number of hydrogen-bond donors (Lipinski definition) is 5. The van der Waals surface area contributed by atoms with Gasteiger partial charge in [0.05, 0.1) is 53.7 Å². The molecule has 15 rings (SSSR count).